The van der Waals surface area contributed by atoms with Crippen LogP contribution >= 0.6 is 0 Å². The Kier molecular flexibility index (Phi) is 15.6. The van der Waals surface area contributed by atoms with E-state index < -0.39 is 5.82 Å². The molecule has 4 aliphatic heterocycles. The van der Waals surface area contributed by atoms with Crippen LogP contribution in [0.15, 0.2) is 122 Å². The summed E-state index contributed by atoms with van der Waals surface area (Å²) in [6, 6.07) is 28.9. The molecule has 4 aliphatic rings. The van der Waals surface area contributed by atoms with E-state index in [0.717, 1.165) is 80.1 Å². The van der Waals surface area contributed by atoms with Crippen molar-refractivity contribution in [1.29, 1.82) is 0 Å². The molecule has 0 spiro atoms. The van der Waals surface area contributed by atoms with Crippen molar-refractivity contribution in [1.82, 2.24) is 60.1 Å². The summed E-state index contributed by atoms with van der Waals surface area (Å²) in [7, 11) is 2.09. The Morgan fingerprint density at radius 1 is 0.550 bits per heavy atom. The minimum Gasteiger partial charge on any atom is -0.489 e. The molecule has 80 heavy (non-hydrogen) atoms. The summed E-state index contributed by atoms with van der Waals surface area (Å²) in [6.07, 6.45) is 12.0. The standard InChI is InChI=1S/C58H63F2N19O/c1-74-17-19-75(20-18-74)51-15-12-45(32-49(51)60)69-53-65-38-67-57(72-53)79-27-25-77(26-28-79)56-64-36-44(30-40-7-3-2-4-8-40)52(71-56)43-10-5-9-41(31-43)29-42-34-62-55(63-35-42)76-21-23-78(24-22-76)58-68-39-66-54(73-58)70-50-14-13-46(33-48(50)59)80-47-11-6-16-61-37-47/h2-5,7-10,12-15,31-36,38-39,47,61H,6,11,16-30,37H2,1H3,(H,65,67,69,72)(H,66,68,70,73)/t47-/m0/s1. The second-order valence-corrected chi connectivity index (χ2v) is 20.6. The Balaban J connectivity index is 0.666. The topological polar surface area (TPSA) is 194 Å². The van der Waals surface area contributed by atoms with Crippen LogP contribution in [-0.4, -0.2) is 160 Å². The molecular formula is C58H63F2N19O. The molecule has 1 atom stereocenters. The maximum Gasteiger partial charge on any atom is 0.232 e. The molecule has 0 aliphatic carbocycles. The Labute approximate surface area is 463 Å². The van der Waals surface area contributed by atoms with Crippen LogP contribution in [-0.2, 0) is 12.8 Å². The number of ether oxygens (including phenoxy) is 1. The highest BCUT2D eigenvalue weighted by Gasteiger charge is 2.26. The number of hydrogen-bond donors (Lipinski definition) is 3. The number of benzene rings is 4. The number of hydrogen-bond acceptors (Lipinski definition) is 20. The van der Waals surface area contributed by atoms with Crippen LogP contribution in [0.4, 0.5) is 61.5 Å². The van der Waals surface area contributed by atoms with Crippen molar-refractivity contribution in [3.63, 3.8) is 0 Å². The largest absolute Gasteiger partial charge is 0.489 e. The maximum atomic E-state index is 15.3. The lowest BCUT2D eigenvalue weighted by molar-refractivity contribution is 0.166. The van der Waals surface area contributed by atoms with E-state index >= 15 is 8.78 Å². The van der Waals surface area contributed by atoms with Gasteiger partial charge in [-0.1, -0.05) is 48.5 Å². The number of nitrogens with one attached hydrogen (secondary N) is 3. The summed E-state index contributed by atoms with van der Waals surface area (Å²) in [5.41, 5.74) is 7.64. The lowest BCUT2D eigenvalue weighted by Gasteiger charge is -2.35. The predicted molar refractivity (Wildman–Crippen MR) is 306 cm³/mol. The number of halogens is 2. The van der Waals surface area contributed by atoms with Crippen molar-refractivity contribution in [2.45, 2.75) is 31.8 Å². The molecule has 0 amide bonds. The van der Waals surface area contributed by atoms with Crippen LogP contribution in [0.25, 0.3) is 11.3 Å². The van der Waals surface area contributed by atoms with E-state index in [1.54, 1.807) is 12.1 Å². The Bertz CT molecular complexity index is 3370. The first-order valence-electron chi connectivity index (χ1n) is 27.4. The molecule has 4 fully saturated rings. The Morgan fingerprint density at radius 2 is 1.19 bits per heavy atom. The second kappa shape index (κ2) is 24.1. The first-order valence-corrected chi connectivity index (χ1v) is 27.4. The highest BCUT2D eigenvalue weighted by molar-refractivity contribution is 5.66. The molecule has 8 heterocycles. The van der Waals surface area contributed by atoms with Crippen LogP contribution in [0.2, 0.25) is 0 Å². The summed E-state index contributed by atoms with van der Waals surface area (Å²) in [6.45, 7) is 10.3. The number of piperazine rings is 3. The fraction of sp³-hybridized carbons (Fsp3) is 0.345. The van der Waals surface area contributed by atoms with E-state index in [4.69, 9.17) is 29.7 Å². The number of aromatic nitrogens is 10. The van der Waals surface area contributed by atoms with Gasteiger partial charge in [-0.2, -0.15) is 9.97 Å². The number of nitrogens with zero attached hydrogens (tertiary/aromatic N) is 16. The van der Waals surface area contributed by atoms with Crippen LogP contribution in [0.3, 0.4) is 0 Å². The minimum atomic E-state index is -0.447. The number of anilines is 9. The third-order valence-electron chi connectivity index (χ3n) is 15.0. The van der Waals surface area contributed by atoms with Gasteiger partial charge in [0.05, 0.1) is 17.1 Å². The van der Waals surface area contributed by atoms with Crippen LogP contribution < -0.4 is 45.2 Å². The van der Waals surface area contributed by atoms with Gasteiger partial charge in [-0.3, -0.25) is 0 Å². The molecule has 20 nitrogen and oxygen atoms in total. The number of piperidine rings is 1. The summed E-state index contributed by atoms with van der Waals surface area (Å²) >= 11 is 0. The van der Waals surface area contributed by atoms with Gasteiger partial charge in [0.1, 0.15) is 36.1 Å². The van der Waals surface area contributed by atoms with Gasteiger partial charge in [-0.25, -0.2) is 48.7 Å². The van der Waals surface area contributed by atoms with Gasteiger partial charge in [0.25, 0.3) is 0 Å². The lowest BCUT2D eigenvalue weighted by atomic mass is 9.98. The average molecular weight is 1080 g/mol. The molecule has 3 N–H and O–H groups in total. The van der Waals surface area contributed by atoms with E-state index in [1.165, 1.54) is 30.4 Å². The quantitative estimate of drug-likeness (QED) is 0.0915. The third-order valence-corrected chi connectivity index (χ3v) is 15.0. The Morgan fingerprint density at radius 3 is 1.85 bits per heavy atom. The third kappa shape index (κ3) is 12.6. The van der Waals surface area contributed by atoms with Gasteiger partial charge < -0.3 is 50.1 Å². The maximum absolute atomic E-state index is 15.3. The molecule has 0 unspecified atom stereocenters. The zero-order valence-electron chi connectivity index (χ0n) is 44.7. The lowest BCUT2D eigenvalue weighted by Crippen LogP contribution is -2.47. The van der Waals surface area contributed by atoms with Crippen molar-refractivity contribution in [2.24, 2.45) is 0 Å². The highest BCUT2D eigenvalue weighted by atomic mass is 19.1. The average Bonchev–Trinajstić information content (AvgIpc) is 3.50. The zero-order chi connectivity index (χ0) is 54.2. The summed E-state index contributed by atoms with van der Waals surface area (Å²) in [4.78, 5) is 59.6. The Hall–Kier alpha value is -8.76. The van der Waals surface area contributed by atoms with E-state index in [2.05, 4.69) is 126 Å². The molecule has 4 aromatic heterocycles. The fourth-order valence-corrected chi connectivity index (χ4v) is 10.5. The van der Waals surface area contributed by atoms with E-state index in [9.17, 15) is 0 Å². The van der Waals surface area contributed by atoms with Crippen LogP contribution in [0.5, 0.6) is 5.75 Å². The van der Waals surface area contributed by atoms with E-state index in [-0.39, 0.29) is 23.6 Å². The summed E-state index contributed by atoms with van der Waals surface area (Å²) in [5, 5.41) is 9.51. The molecule has 0 bridgehead atoms. The molecular weight excluding hydrogens is 1020 g/mol. The highest BCUT2D eigenvalue weighted by Crippen LogP contribution is 2.30. The van der Waals surface area contributed by atoms with Gasteiger partial charge >= 0.3 is 0 Å². The predicted octanol–water partition coefficient (Wildman–Crippen LogP) is 6.79. The molecule has 8 aromatic rings. The van der Waals surface area contributed by atoms with Gasteiger partial charge in [0.15, 0.2) is 0 Å². The van der Waals surface area contributed by atoms with Crippen LogP contribution in [0, 0.1) is 11.6 Å². The molecule has 0 radical (unpaired) electrons. The molecule has 4 aromatic carbocycles. The van der Waals surface area contributed by atoms with Crippen molar-refractivity contribution in [3.05, 3.63) is 156 Å². The number of likely N-dealkylation sites (N-methyl/N-ethyl adjacent to an activating group) is 1. The summed E-state index contributed by atoms with van der Waals surface area (Å²) < 4.78 is 36.5. The molecule has 0 saturated carbocycles. The zero-order valence-corrected chi connectivity index (χ0v) is 44.7. The van der Waals surface area contributed by atoms with Gasteiger partial charge in [-0.15, -0.1) is 0 Å². The van der Waals surface area contributed by atoms with E-state index in [0.29, 0.717) is 112 Å². The smallest absolute Gasteiger partial charge is 0.232 e. The molecule has 410 valence electrons. The first kappa shape index (κ1) is 52.0. The van der Waals surface area contributed by atoms with Gasteiger partial charge in [-0.05, 0) is 79.5 Å². The van der Waals surface area contributed by atoms with E-state index in [1.807, 2.05) is 36.8 Å². The van der Waals surface area contributed by atoms with Gasteiger partial charge in [0.2, 0.25) is 35.7 Å². The molecule has 22 heteroatoms. The van der Waals surface area contributed by atoms with Gasteiger partial charge in [0, 0.05) is 139 Å². The molecule has 4 saturated heterocycles. The van der Waals surface area contributed by atoms with Crippen molar-refractivity contribution in [2.75, 3.05) is 134 Å². The SMILES string of the molecule is CN1CCN(c2ccc(Nc3ncnc(N4CCN(c5ncc(Cc6ccccc6)c(-c6cccc(Cc7cnc(N8CCN(c9ncnc(Nc%10ccc(O[C@H]%11CCCNC%11)cc%10F)n9)CC8)nc7)c6)n5)CC4)n3)cc2F)CC1. The minimum absolute atomic E-state index is 0.0278. The monoisotopic (exact) mass is 1080 g/mol. The number of rotatable bonds is 16. The van der Waals surface area contributed by atoms with Crippen molar-refractivity contribution < 1.29 is 13.5 Å². The fourth-order valence-electron chi connectivity index (χ4n) is 10.5. The second-order valence-electron chi connectivity index (χ2n) is 20.6. The van der Waals surface area contributed by atoms with Crippen LogP contribution in [0.1, 0.15) is 35.1 Å². The van der Waals surface area contributed by atoms with Crippen molar-refractivity contribution >= 4 is 52.8 Å². The summed E-state index contributed by atoms with van der Waals surface area (Å²) in [5.74, 6) is 2.76. The normalized spacial score (nSPS) is 17.1. The molecule has 12 rings (SSSR count). The van der Waals surface area contributed by atoms with Crippen molar-refractivity contribution in [3.8, 4) is 17.0 Å². The first-order chi connectivity index (χ1) is 39.3.